The smallest absolute Gasteiger partial charge is 0.423 e. The van der Waals surface area contributed by atoms with Gasteiger partial charge in [0.05, 0.1) is 31.7 Å². The highest BCUT2D eigenvalue weighted by Gasteiger charge is 2.67. The zero-order valence-electron chi connectivity index (χ0n) is 18.8. The van der Waals surface area contributed by atoms with Gasteiger partial charge in [0.25, 0.3) is 0 Å². The van der Waals surface area contributed by atoms with E-state index >= 15 is 0 Å². The number of benzene rings is 2. The van der Waals surface area contributed by atoms with Crippen LogP contribution in [0.4, 0.5) is 9.18 Å². The summed E-state index contributed by atoms with van der Waals surface area (Å²) in [6.07, 6.45) is -1.75. The number of aliphatic hydroxyl groups is 1. The van der Waals surface area contributed by atoms with Gasteiger partial charge in [-0.05, 0) is 42.7 Å². The lowest BCUT2D eigenvalue weighted by Crippen LogP contribution is -2.55. The van der Waals surface area contributed by atoms with Crippen molar-refractivity contribution in [1.82, 2.24) is 4.90 Å². The molecular formula is C25H24FNO8. The molecule has 35 heavy (non-hydrogen) atoms. The Morgan fingerprint density at radius 2 is 1.91 bits per heavy atom. The summed E-state index contributed by atoms with van der Waals surface area (Å²) < 4.78 is 30.6. The largest absolute Gasteiger partial charge is 0.505 e. The van der Waals surface area contributed by atoms with Crippen molar-refractivity contribution in [2.75, 3.05) is 13.7 Å². The van der Waals surface area contributed by atoms with Crippen LogP contribution >= 0.6 is 0 Å². The number of likely N-dealkylation sites (tertiary alicyclic amines) is 1. The average Bonchev–Trinajstić information content (AvgIpc) is 3.33. The number of imide groups is 3. The first kappa shape index (κ1) is 23.3. The van der Waals surface area contributed by atoms with Gasteiger partial charge in [0.15, 0.2) is 17.4 Å². The third kappa shape index (κ3) is 3.73. The number of phenols is 1. The molecule has 6 atom stereocenters. The van der Waals surface area contributed by atoms with Crippen LogP contribution in [0.15, 0.2) is 48.5 Å². The van der Waals surface area contributed by atoms with Gasteiger partial charge in [-0.15, -0.1) is 0 Å². The zero-order chi connectivity index (χ0) is 24.9. The van der Waals surface area contributed by atoms with Crippen LogP contribution in [-0.2, 0) is 19.1 Å². The van der Waals surface area contributed by atoms with E-state index < -0.39 is 65.0 Å². The predicted octanol–water partition coefficient (Wildman–Crippen LogP) is 2.76. The van der Waals surface area contributed by atoms with Crippen molar-refractivity contribution >= 4 is 17.9 Å². The fourth-order valence-corrected chi connectivity index (χ4v) is 5.59. The summed E-state index contributed by atoms with van der Waals surface area (Å²) in [5.41, 5.74) is 0.365. The highest BCUT2D eigenvalue weighted by Crippen LogP contribution is 2.58. The number of methoxy groups -OCH3 is 1. The molecule has 2 aromatic carbocycles. The summed E-state index contributed by atoms with van der Waals surface area (Å²) in [5, 5.41) is 21.3. The van der Waals surface area contributed by atoms with E-state index in [1.165, 1.54) is 12.1 Å². The zero-order valence-corrected chi connectivity index (χ0v) is 18.8. The van der Waals surface area contributed by atoms with E-state index in [1.807, 2.05) is 6.07 Å². The Bertz CT molecular complexity index is 1170. The summed E-state index contributed by atoms with van der Waals surface area (Å²) in [4.78, 5) is 38.9. The molecule has 10 heteroatoms. The van der Waals surface area contributed by atoms with Crippen molar-refractivity contribution in [2.45, 2.75) is 24.7 Å². The van der Waals surface area contributed by atoms with E-state index in [0.29, 0.717) is 16.2 Å². The van der Waals surface area contributed by atoms with Crippen molar-refractivity contribution in [2.24, 2.45) is 23.7 Å². The molecule has 3 amide bonds. The number of amides is 3. The van der Waals surface area contributed by atoms with Gasteiger partial charge >= 0.3 is 6.09 Å². The Morgan fingerprint density at radius 1 is 1.17 bits per heavy atom. The van der Waals surface area contributed by atoms with Crippen LogP contribution in [0, 0.1) is 29.5 Å². The molecule has 3 aliphatic rings. The number of hydrogen-bond donors (Lipinski definition) is 2. The Hall–Kier alpha value is -3.50. The van der Waals surface area contributed by atoms with Crippen molar-refractivity contribution < 1.29 is 43.2 Å². The number of aromatic hydroxyl groups is 1. The van der Waals surface area contributed by atoms with E-state index in [0.717, 1.165) is 13.2 Å². The van der Waals surface area contributed by atoms with Crippen molar-refractivity contribution in [3.63, 3.8) is 0 Å². The van der Waals surface area contributed by atoms with Crippen LogP contribution in [0.5, 0.6) is 11.5 Å². The molecule has 184 valence electrons. The SMILES string of the molecule is COC(=O)N1C(=O)[C@H]2[C@H](C[C@H](COc3ccccc3)[C@@]3(O)O[C@H](c4ccc(O)c(F)c4)C[C@@H]23)C1=O. The number of hydrogen-bond acceptors (Lipinski definition) is 8. The topological polar surface area (TPSA) is 123 Å². The molecule has 3 fully saturated rings. The molecule has 2 aromatic rings. The molecule has 9 nitrogen and oxygen atoms in total. The highest BCUT2D eigenvalue weighted by atomic mass is 19.1. The maximum absolute atomic E-state index is 14.0. The Morgan fingerprint density at radius 3 is 2.60 bits per heavy atom. The minimum absolute atomic E-state index is 0.0173. The van der Waals surface area contributed by atoms with Gasteiger partial charge in [0.2, 0.25) is 11.8 Å². The first-order chi connectivity index (χ1) is 16.7. The van der Waals surface area contributed by atoms with Crippen LogP contribution in [0.2, 0.25) is 0 Å². The quantitative estimate of drug-likeness (QED) is 0.634. The molecule has 2 heterocycles. The number of nitrogens with zero attached hydrogens (tertiary/aromatic N) is 1. The maximum Gasteiger partial charge on any atom is 0.423 e. The number of ether oxygens (including phenoxy) is 3. The average molecular weight is 485 g/mol. The third-order valence-electron chi connectivity index (χ3n) is 7.26. The van der Waals surface area contributed by atoms with Gasteiger partial charge in [0.1, 0.15) is 5.75 Å². The molecule has 0 aromatic heterocycles. The summed E-state index contributed by atoms with van der Waals surface area (Å²) in [6, 6.07) is 12.7. The third-order valence-corrected chi connectivity index (χ3v) is 7.26. The Kier molecular flexibility index (Phi) is 5.72. The number of rotatable bonds is 4. The van der Waals surface area contributed by atoms with Gasteiger partial charge in [-0.2, -0.15) is 4.90 Å². The Balaban J connectivity index is 1.50. The first-order valence-corrected chi connectivity index (χ1v) is 11.3. The van der Waals surface area contributed by atoms with Crippen molar-refractivity contribution in [3.05, 3.63) is 59.9 Å². The van der Waals surface area contributed by atoms with Gasteiger partial charge < -0.3 is 24.4 Å². The van der Waals surface area contributed by atoms with Gasteiger partial charge in [-0.1, -0.05) is 24.3 Å². The standard InChI is InChI=1S/C25H24FNO8/c1-33-24(31)27-22(29)16-10-14(12-34-15-5-3-2-4-6-15)25(32)17(21(16)23(27)30)11-20(35-25)13-7-8-19(28)18(26)9-13/h2-9,14,16-17,20-21,28,32H,10-12H2,1H3/t14-,16+,17+,20+,21+,25-/m1/s1. The number of para-hydroxylation sites is 1. The second kappa shape index (κ2) is 8.62. The van der Waals surface area contributed by atoms with Crippen LogP contribution in [0.3, 0.4) is 0 Å². The Labute approximate surface area is 200 Å². The summed E-state index contributed by atoms with van der Waals surface area (Å²) in [6.45, 7) is -0.0173. The van der Waals surface area contributed by atoms with E-state index in [2.05, 4.69) is 4.74 Å². The molecule has 2 N–H and O–H groups in total. The van der Waals surface area contributed by atoms with E-state index in [9.17, 15) is 29.0 Å². The van der Waals surface area contributed by atoms with Crippen LogP contribution in [0.25, 0.3) is 0 Å². The van der Waals surface area contributed by atoms with Crippen LogP contribution in [0.1, 0.15) is 24.5 Å². The fourth-order valence-electron chi connectivity index (χ4n) is 5.59. The second-order valence-corrected chi connectivity index (χ2v) is 9.08. The lowest BCUT2D eigenvalue weighted by atomic mass is 9.64. The maximum atomic E-state index is 14.0. The molecule has 0 spiro atoms. The van der Waals surface area contributed by atoms with E-state index in [1.54, 1.807) is 24.3 Å². The molecule has 1 aliphatic carbocycles. The fraction of sp³-hybridized carbons (Fsp3) is 0.400. The van der Waals surface area contributed by atoms with Gasteiger partial charge in [0, 0.05) is 11.8 Å². The predicted molar refractivity (Wildman–Crippen MR) is 116 cm³/mol. The number of phenolic OH excluding ortho intramolecular Hbond substituents is 1. The minimum Gasteiger partial charge on any atom is -0.505 e. The summed E-state index contributed by atoms with van der Waals surface area (Å²) in [5.74, 6) is -7.60. The molecule has 0 bridgehead atoms. The van der Waals surface area contributed by atoms with Crippen molar-refractivity contribution in [1.29, 1.82) is 0 Å². The van der Waals surface area contributed by atoms with Crippen LogP contribution < -0.4 is 4.74 Å². The lowest BCUT2D eigenvalue weighted by molar-refractivity contribution is -0.272. The van der Waals surface area contributed by atoms with E-state index in [4.69, 9.17) is 9.47 Å². The second-order valence-electron chi connectivity index (χ2n) is 9.08. The normalized spacial score (nSPS) is 31.7. The summed E-state index contributed by atoms with van der Waals surface area (Å²) >= 11 is 0. The van der Waals surface area contributed by atoms with Gasteiger partial charge in [-0.3, -0.25) is 9.59 Å². The molecule has 0 radical (unpaired) electrons. The van der Waals surface area contributed by atoms with Gasteiger partial charge in [-0.25, -0.2) is 9.18 Å². The number of fused-ring (bicyclic) bond motifs is 3. The van der Waals surface area contributed by atoms with Crippen molar-refractivity contribution in [3.8, 4) is 11.5 Å². The number of carbonyl (C=O) groups excluding carboxylic acids is 3. The molecule has 2 saturated heterocycles. The molecule has 5 rings (SSSR count). The monoisotopic (exact) mass is 485 g/mol. The molecule has 2 aliphatic heterocycles. The molecule has 1 saturated carbocycles. The minimum atomic E-state index is -1.88. The summed E-state index contributed by atoms with van der Waals surface area (Å²) in [7, 11) is 1.08. The molecular weight excluding hydrogens is 461 g/mol. The molecule has 0 unspecified atom stereocenters. The number of halogens is 1. The lowest BCUT2D eigenvalue weighted by Gasteiger charge is -2.44. The van der Waals surface area contributed by atoms with Crippen LogP contribution in [-0.4, -0.2) is 52.5 Å². The van der Waals surface area contributed by atoms with E-state index in [-0.39, 0.29) is 19.4 Å². The highest BCUT2D eigenvalue weighted by molar-refractivity contribution is 6.15. The first-order valence-electron chi connectivity index (χ1n) is 11.3. The number of carbonyl (C=O) groups is 3.